The smallest absolute Gasteiger partial charge is 0.337 e. The Morgan fingerprint density at radius 1 is 1.10 bits per heavy atom. The molecule has 0 aliphatic carbocycles. The number of nitrogen functional groups attached to an aromatic ring is 1. The Morgan fingerprint density at radius 3 is 2.35 bits per heavy atom. The molecule has 4 N–H and O–H groups in total. The molecule has 0 aliphatic rings. The first-order chi connectivity index (χ1) is 9.47. The predicted octanol–water partition coefficient (Wildman–Crippen LogP) is 2.98. The molecule has 0 unspecified atom stereocenters. The van der Waals surface area contributed by atoms with Crippen LogP contribution in [0.1, 0.15) is 20.7 Å². The van der Waals surface area contributed by atoms with E-state index >= 15 is 0 Å². The van der Waals surface area contributed by atoms with E-state index in [1.54, 1.807) is 24.3 Å². The number of anilines is 2. The van der Waals surface area contributed by atoms with E-state index in [2.05, 4.69) is 21.2 Å². The monoisotopic (exact) mass is 334 g/mol. The van der Waals surface area contributed by atoms with Crippen LogP contribution in [0.4, 0.5) is 11.4 Å². The number of hydrogen-bond donors (Lipinski definition) is 3. The molecule has 102 valence electrons. The number of halogens is 1. The number of nitrogens with two attached hydrogens (primary N) is 1. The number of nitrogens with one attached hydrogen (secondary N) is 1. The molecule has 2 rings (SSSR count). The third-order valence-electron chi connectivity index (χ3n) is 2.63. The summed E-state index contributed by atoms with van der Waals surface area (Å²) in [6.45, 7) is 0. The van der Waals surface area contributed by atoms with Crippen molar-refractivity contribution in [2.24, 2.45) is 0 Å². The zero-order valence-corrected chi connectivity index (χ0v) is 11.8. The van der Waals surface area contributed by atoms with Gasteiger partial charge in [0.05, 0.1) is 11.3 Å². The minimum atomic E-state index is -1.13. The molecule has 0 aliphatic heterocycles. The van der Waals surface area contributed by atoms with Crippen LogP contribution in [0.25, 0.3) is 0 Å². The highest BCUT2D eigenvalue weighted by Gasteiger charge is 2.13. The number of carbonyl (C=O) groups is 2. The van der Waals surface area contributed by atoms with Crippen molar-refractivity contribution in [2.45, 2.75) is 0 Å². The first-order valence-corrected chi connectivity index (χ1v) is 6.46. The zero-order valence-electron chi connectivity index (χ0n) is 10.3. The van der Waals surface area contributed by atoms with Gasteiger partial charge in [-0.15, -0.1) is 0 Å². The summed E-state index contributed by atoms with van der Waals surface area (Å²) in [5, 5.41) is 11.6. The largest absolute Gasteiger partial charge is 0.478 e. The van der Waals surface area contributed by atoms with E-state index in [1.807, 2.05) is 0 Å². The lowest BCUT2D eigenvalue weighted by Gasteiger charge is -2.09. The molecule has 0 atom stereocenters. The quantitative estimate of drug-likeness (QED) is 0.752. The number of carbonyl (C=O) groups excluding carboxylic acids is 1. The molecular formula is C14H11BrN2O3. The number of carboxylic acid groups (broad SMARTS) is 1. The highest BCUT2D eigenvalue weighted by Crippen LogP contribution is 2.20. The Hall–Kier alpha value is -2.34. The summed E-state index contributed by atoms with van der Waals surface area (Å²) in [5.41, 5.74) is 6.57. The highest BCUT2D eigenvalue weighted by molar-refractivity contribution is 9.10. The van der Waals surface area contributed by atoms with Crippen molar-refractivity contribution in [3.8, 4) is 0 Å². The first-order valence-electron chi connectivity index (χ1n) is 5.67. The topological polar surface area (TPSA) is 92.4 Å². The van der Waals surface area contributed by atoms with Crippen LogP contribution in [0, 0.1) is 0 Å². The fourth-order valence-corrected chi connectivity index (χ4v) is 1.91. The molecule has 0 heterocycles. The van der Waals surface area contributed by atoms with Crippen LogP contribution in [-0.4, -0.2) is 17.0 Å². The number of hydrogen-bond acceptors (Lipinski definition) is 3. The van der Waals surface area contributed by atoms with E-state index in [0.717, 1.165) is 4.47 Å². The van der Waals surface area contributed by atoms with Gasteiger partial charge in [-0.05, 0) is 42.5 Å². The number of rotatable bonds is 3. The van der Waals surface area contributed by atoms with Crippen molar-refractivity contribution in [3.05, 3.63) is 58.1 Å². The van der Waals surface area contributed by atoms with Crippen molar-refractivity contribution in [3.63, 3.8) is 0 Å². The lowest BCUT2D eigenvalue weighted by molar-refractivity contribution is 0.0698. The summed E-state index contributed by atoms with van der Waals surface area (Å²) in [6, 6.07) is 11.0. The Morgan fingerprint density at radius 2 is 1.75 bits per heavy atom. The van der Waals surface area contributed by atoms with Crippen molar-refractivity contribution in [1.82, 2.24) is 0 Å². The third kappa shape index (κ3) is 3.16. The fraction of sp³-hybridized carbons (Fsp3) is 0. The fourth-order valence-electron chi connectivity index (χ4n) is 1.65. The Labute approximate surface area is 123 Å². The van der Waals surface area contributed by atoms with Crippen molar-refractivity contribution in [1.29, 1.82) is 0 Å². The maximum Gasteiger partial charge on any atom is 0.337 e. The second-order valence-electron chi connectivity index (χ2n) is 4.07. The van der Waals surface area contributed by atoms with Crippen molar-refractivity contribution in [2.75, 3.05) is 11.1 Å². The third-order valence-corrected chi connectivity index (χ3v) is 3.16. The summed E-state index contributed by atoms with van der Waals surface area (Å²) in [7, 11) is 0. The van der Waals surface area contributed by atoms with Gasteiger partial charge in [0.25, 0.3) is 5.91 Å². The second kappa shape index (κ2) is 5.75. The molecule has 20 heavy (non-hydrogen) atoms. The maximum atomic E-state index is 12.1. The lowest BCUT2D eigenvalue weighted by atomic mass is 10.1. The van der Waals surface area contributed by atoms with Crippen LogP contribution in [0.5, 0.6) is 0 Å². The number of carboxylic acids is 1. The summed E-state index contributed by atoms with van der Waals surface area (Å²) >= 11 is 3.28. The summed E-state index contributed by atoms with van der Waals surface area (Å²) in [5.74, 6) is -1.53. The van der Waals surface area contributed by atoms with Gasteiger partial charge in [0, 0.05) is 15.7 Å². The minimum Gasteiger partial charge on any atom is -0.478 e. The Balaban J connectivity index is 2.29. The van der Waals surface area contributed by atoms with E-state index in [9.17, 15) is 9.59 Å². The molecule has 2 aromatic carbocycles. The van der Waals surface area contributed by atoms with Crippen LogP contribution < -0.4 is 11.1 Å². The van der Waals surface area contributed by atoms with E-state index in [4.69, 9.17) is 10.8 Å². The first kappa shape index (κ1) is 14.1. The van der Waals surface area contributed by atoms with Gasteiger partial charge in [-0.2, -0.15) is 0 Å². The van der Waals surface area contributed by atoms with Crippen molar-refractivity contribution < 1.29 is 14.7 Å². The number of aromatic carboxylic acids is 1. The molecule has 0 saturated heterocycles. The van der Waals surface area contributed by atoms with Gasteiger partial charge in [-0.3, -0.25) is 4.79 Å². The van der Waals surface area contributed by atoms with Gasteiger partial charge in [-0.1, -0.05) is 15.9 Å². The van der Waals surface area contributed by atoms with E-state index in [0.29, 0.717) is 11.3 Å². The molecule has 0 aromatic heterocycles. The summed E-state index contributed by atoms with van der Waals surface area (Å²) in [6.07, 6.45) is 0. The van der Waals surface area contributed by atoms with Gasteiger partial charge in [0.15, 0.2) is 0 Å². The molecule has 0 radical (unpaired) electrons. The Kier molecular flexibility index (Phi) is 4.05. The molecule has 0 spiro atoms. The zero-order chi connectivity index (χ0) is 14.7. The number of benzene rings is 2. The van der Waals surface area contributed by atoms with Gasteiger partial charge < -0.3 is 16.2 Å². The normalized spacial score (nSPS) is 10.1. The standard InChI is InChI=1S/C14H11BrN2O3/c15-9-3-1-8(2-4-9)13(18)17-12-7-10(16)5-6-11(12)14(19)20/h1-7H,16H2,(H,17,18)(H,19,20). The Bertz CT molecular complexity index is 669. The van der Waals surface area contributed by atoms with Crippen LogP contribution >= 0.6 is 15.9 Å². The lowest BCUT2D eigenvalue weighted by Crippen LogP contribution is -2.15. The summed E-state index contributed by atoms with van der Waals surface area (Å²) in [4.78, 5) is 23.1. The molecule has 0 fully saturated rings. The minimum absolute atomic E-state index is 0.00957. The van der Waals surface area contributed by atoms with Crippen LogP contribution in [0.3, 0.4) is 0 Å². The molecule has 5 nitrogen and oxygen atoms in total. The highest BCUT2D eigenvalue weighted by atomic mass is 79.9. The van der Waals surface area contributed by atoms with Crippen molar-refractivity contribution >= 4 is 39.2 Å². The van der Waals surface area contributed by atoms with Gasteiger partial charge >= 0.3 is 5.97 Å². The van der Waals surface area contributed by atoms with E-state index in [-0.39, 0.29) is 11.3 Å². The SMILES string of the molecule is Nc1ccc(C(=O)O)c(NC(=O)c2ccc(Br)cc2)c1. The predicted molar refractivity (Wildman–Crippen MR) is 79.9 cm³/mol. The molecule has 6 heteroatoms. The van der Waals surface area contributed by atoms with E-state index in [1.165, 1.54) is 18.2 Å². The maximum absolute atomic E-state index is 12.1. The molecule has 0 bridgehead atoms. The van der Waals surface area contributed by atoms with Crippen LogP contribution in [-0.2, 0) is 0 Å². The van der Waals surface area contributed by atoms with Gasteiger partial charge in [0.1, 0.15) is 0 Å². The van der Waals surface area contributed by atoms with Crippen LogP contribution in [0.2, 0.25) is 0 Å². The molecule has 0 saturated carbocycles. The van der Waals surface area contributed by atoms with Gasteiger partial charge in [-0.25, -0.2) is 4.79 Å². The molecule has 1 amide bonds. The van der Waals surface area contributed by atoms with Gasteiger partial charge in [0.2, 0.25) is 0 Å². The van der Waals surface area contributed by atoms with Crippen LogP contribution in [0.15, 0.2) is 46.9 Å². The second-order valence-corrected chi connectivity index (χ2v) is 4.99. The average Bonchev–Trinajstić information content (AvgIpc) is 2.39. The summed E-state index contributed by atoms with van der Waals surface area (Å²) < 4.78 is 0.851. The molecular weight excluding hydrogens is 324 g/mol. The number of amides is 1. The van der Waals surface area contributed by atoms with E-state index < -0.39 is 11.9 Å². The molecule has 2 aromatic rings. The average molecular weight is 335 g/mol.